The second kappa shape index (κ2) is 6.58. The van der Waals surface area contributed by atoms with Crippen molar-refractivity contribution in [2.75, 3.05) is 11.9 Å². The van der Waals surface area contributed by atoms with Gasteiger partial charge in [-0.1, -0.05) is 37.0 Å². The Morgan fingerprint density at radius 1 is 1.38 bits per heavy atom. The monoisotopic (exact) mass is 322 g/mol. The number of thiocarbonyl (C=S) groups is 1. The van der Waals surface area contributed by atoms with E-state index < -0.39 is 0 Å². The fraction of sp³-hybridized carbons (Fsp3) is 0.400. The second-order valence-corrected chi connectivity index (χ2v) is 6.89. The lowest BCUT2D eigenvalue weighted by Gasteiger charge is -2.15. The molecule has 1 atom stereocenters. The van der Waals surface area contributed by atoms with Gasteiger partial charge in [-0.25, -0.2) is 0 Å². The third-order valence-corrected chi connectivity index (χ3v) is 5.22. The number of benzene rings is 1. The van der Waals surface area contributed by atoms with Gasteiger partial charge >= 0.3 is 0 Å². The average Bonchev–Trinajstić information content (AvgIpc) is 2.70. The molecule has 0 bridgehead atoms. The Morgan fingerprint density at radius 2 is 2.10 bits per heavy atom. The van der Waals surface area contributed by atoms with Gasteiger partial charge in [-0.15, -0.1) is 0 Å². The normalized spacial score (nSPS) is 18.2. The van der Waals surface area contributed by atoms with Gasteiger partial charge in [-0.3, -0.25) is 14.5 Å². The van der Waals surface area contributed by atoms with E-state index in [1.165, 1.54) is 22.2 Å². The molecule has 6 heteroatoms. The van der Waals surface area contributed by atoms with Gasteiger partial charge in [0.05, 0.1) is 5.25 Å². The molecule has 2 rings (SSSR count). The average molecular weight is 322 g/mol. The first-order chi connectivity index (χ1) is 9.92. The fourth-order valence-electron chi connectivity index (χ4n) is 2.06. The highest BCUT2D eigenvalue weighted by molar-refractivity contribution is 8.24. The van der Waals surface area contributed by atoms with Crippen LogP contribution in [-0.4, -0.2) is 32.8 Å². The van der Waals surface area contributed by atoms with E-state index in [-0.39, 0.29) is 23.6 Å². The van der Waals surface area contributed by atoms with E-state index in [2.05, 4.69) is 5.32 Å². The SMILES string of the molecule is CCC1SC(=S)N(CC(=O)Nc2ccc(C)c(C)c2)C1=O. The summed E-state index contributed by atoms with van der Waals surface area (Å²) in [5, 5.41) is 2.66. The molecular formula is C15H18N2O2S2. The molecule has 21 heavy (non-hydrogen) atoms. The van der Waals surface area contributed by atoms with E-state index in [1.807, 2.05) is 39.0 Å². The number of carbonyl (C=O) groups is 2. The summed E-state index contributed by atoms with van der Waals surface area (Å²) in [5.41, 5.74) is 3.02. The lowest BCUT2D eigenvalue weighted by molar-refractivity contribution is -0.129. The molecule has 112 valence electrons. The summed E-state index contributed by atoms with van der Waals surface area (Å²) in [4.78, 5) is 25.5. The lowest BCUT2D eigenvalue weighted by atomic mass is 10.1. The third kappa shape index (κ3) is 3.63. The highest BCUT2D eigenvalue weighted by atomic mass is 32.2. The van der Waals surface area contributed by atoms with E-state index >= 15 is 0 Å². The standard InChI is InChI=1S/C15H18N2O2S2/c1-4-12-14(19)17(15(20)21-12)8-13(18)16-11-6-5-9(2)10(3)7-11/h5-7,12H,4,8H2,1-3H3,(H,16,18). The van der Waals surface area contributed by atoms with Crippen molar-refractivity contribution in [3.8, 4) is 0 Å². The van der Waals surface area contributed by atoms with Gasteiger partial charge in [0.2, 0.25) is 11.8 Å². The molecule has 1 N–H and O–H groups in total. The molecule has 4 nitrogen and oxygen atoms in total. The minimum absolute atomic E-state index is 0.0198. The van der Waals surface area contributed by atoms with Gasteiger partial charge in [0.1, 0.15) is 10.9 Å². The van der Waals surface area contributed by atoms with Gasteiger partial charge in [0.25, 0.3) is 0 Å². The van der Waals surface area contributed by atoms with Crippen LogP contribution < -0.4 is 5.32 Å². The molecule has 0 aromatic heterocycles. The molecule has 1 aliphatic heterocycles. The number of thioether (sulfide) groups is 1. The van der Waals surface area contributed by atoms with Gasteiger partial charge in [-0.2, -0.15) is 0 Å². The maximum atomic E-state index is 12.1. The summed E-state index contributed by atoms with van der Waals surface area (Å²) in [6.07, 6.45) is 0.721. The molecule has 1 saturated heterocycles. The molecule has 1 aromatic rings. The zero-order chi connectivity index (χ0) is 15.6. The minimum atomic E-state index is -0.230. The Bertz CT molecular complexity index is 601. The number of carbonyl (C=O) groups excluding carboxylic acids is 2. The van der Waals surface area contributed by atoms with Gasteiger partial charge < -0.3 is 5.32 Å². The van der Waals surface area contributed by atoms with Crippen LogP contribution in [0.5, 0.6) is 0 Å². The van der Waals surface area contributed by atoms with Crippen LogP contribution in [0.4, 0.5) is 5.69 Å². The smallest absolute Gasteiger partial charge is 0.244 e. The van der Waals surface area contributed by atoms with Gasteiger partial charge in [0.15, 0.2) is 0 Å². The van der Waals surface area contributed by atoms with E-state index in [4.69, 9.17) is 12.2 Å². The van der Waals surface area contributed by atoms with Crippen molar-refractivity contribution < 1.29 is 9.59 Å². The van der Waals surface area contributed by atoms with Crippen molar-refractivity contribution in [2.24, 2.45) is 0 Å². The number of amides is 2. The molecule has 0 spiro atoms. The Balaban J connectivity index is 2.00. The molecule has 2 amide bonds. The lowest BCUT2D eigenvalue weighted by Crippen LogP contribution is -2.38. The molecule has 0 radical (unpaired) electrons. The summed E-state index contributed by atoms with van der Waals surface area (Å²) < 4.78 is 0.488. The molecule has 0 saturated carbocycles. The Morgan fingerprint density at radius 3 is 2.67 bits per heavy atom. The maximum Gasteiger partial charge on any atom is 0.244 e. The molecule has 1 unspecified atom stereocenters. The molecule has 0 aliphatic carbocycles. The molecular weight excluding hydrogens is 304 g/mol. The van der Waals surface area contributed by atoms with Crippen LogP contribution in [-0.2, 0) is 9.59 Å². The highest BCUT2D eigenvalue weighted by Crippen LogP contribution is 2.29. The van der Waals surface area contributed by atoms with E-state index in [1.54, 1.807) is 0 Å². The zero-order valence-corrected chi connectivity index (χ0v) is 13.9. The van der Waals surface area contributed by atoms with Crippen LogP contribution in [0.25, 0.3) is 0 Å². The predicted molar refractivity (Wildman–Crippen MR) is 90.5 cm³/mol. The summed E-state index contributed by atoms with van der Waals surface area (Å²) in [6.45, 7) is 5.93. The van der Waals surface area contributed by atoms with Crippen molar-refractivity contribution in [3.63, 3.8) is 0 Å². The van der Waals surface area contributed by atoms with Crippen LogP contribution in [0, 0.1) is 13.8 Å². The number of hydrogen-bond donors (Lipinski definition) is 1. The minimum Gasteiger partial charge on any atom is -0.325 e. The Labute approximate surface area is 134 Å². The van der Waals surface area contributed by atoms with Crippen molar-refractivity contribution in [1.82, 2.24) is 4.90 Å². The van der Waals surface area contributed by atoms with Crippen LogP contribution in [0.2, 0.25) is 0 Å². The van der Waals surface area contributed by atoms with Crippen molar-refractivity contribution in [3.05, 3.63) is 29.3 Å². The van der Waals surface area contributed by atoms with Gasteiger partial charge in [-0.05, 0) is 43.5 Å². The van der Waals surface area contributed by atoms with E-state index in [9.17, 15) is 9.59 Å². The van der Waals surface area contributed by atoms with Crippen LogP contribution in [0.15, 0.2) is 18.2 Å². The summed E-state index contributed by atoms with van der Waals surface area (Å²) in [6, 6.07) is 5.73. The number of aryl methyl sites for hydroxylation is 2. The largest absolute Gasteiger partial charge is 0.325 e. The van der Waals surface area contributed by atoms with Crippen molar-refractivity contribution in [1.29, 1.82) is 0 Å². The van der Waals surface area contributed by atoms with Crippen LogP contribution in [0.3, 0.4) is 0 Å². The molecule has 1 fully saturated rings. The Kier molecular flexibility index (Phi) is 5.00. The van der Waals surface area contributed by atoms with Crippen LogP contribution >= 0.6 is 24.0 Å². The van der Waals surface area contributed by atoms with Crippen molar-refractivity contribution in [2.45, 2.75) is 32.4 Å². The van der Waals surface area contributed by atoms with E-state index in [0.29, 0.717) is 4.32 Å². The molecule has 1 aliphatic rings. The van der Waals surface area contributed by atoms with Gasteiger partial charge in [0, 0.05) is 5.69 Å². The first-order valence-electron chi connectivity index (χ1n) is 6.81. The maximum absolute atomic E-state index is 12.1. The van der Waals surface area contributed by atoms with Crippen LogP contribution in [0.1, 0.15) is 24.5 Å². The topological polar surface area (TPSA) is 49.4 Å². The number of nitrogens with zero attached hydrogens (tertiary/aromatic N) is 1. The summed E-state index contributed by atoms with van der Waals surface area (Å²) in [5.74, 6) is -0.297. The zero-order valence-electron chi connectivity index (χ0n) is 12.3. The summed E-state index contributed by atoms with van der Waals surface area (Å²) >= 11 is 6.53. The molecule has 1 heterocycles. The van der Waals surface area contributed by atoms with E-state index in [0.717, 1.165) is 17.7 Å². The molecule has 1 aromatic carbocycles. The number of nitrogens with one attached hydrogen (secondary N) is 1. The Hall–Kier alpha value is -1.40. The third-order valence-electron chi connectivity index (χ3n) is 3.47. The highest BCUT2D eigenvalue weighted by Gasteiger charge is 2.36. The summed E-state index contributed by atoms with van der Waals surface area (Å²) in [7, 11) is 0. The number of hydrogen-bond acceptors (Lipinski definition) is 4. The quantitative estimate of drug-likeness (QED) is 0.866. The number of anilines is 1. The fourth-order valence-corrected chi connectivity index (χ4v) is 3.49. The van der Waals surface area contributed by atoms with Crippen molar-refractivity contribution >= 4 is 45.8 Å². The first-order valence-corrected chi connectivity index (χ1v) is 8.10. The predicted octanol–water partition coefficient (Wildman–Crippen LogP) is 2.88. The number of rotatable bonds is 4. The first kappa shape index (κ1) is 16.0. The second-order valence-electron chi connectivity index (χ2n) is 5.05.